The van der Waals surface area contributed by atoms with Crippen LogP contribution in [0.15, 0.2) is 0 Å². The molecule has 0 atom stereocenters. The molecule has 3 N–H and O–H groups in total. The molecule has 0 spiro atoms. The number of rotatable bonds is 5. The molecular weight excluding hydrogens is 126 g/mol. The van der Waals surface area contributed by atoms with E-state index in [1.165, 1.54) is 38.5 Å². The van der Waals surface area contributed by atoms with Gasteiger partial charge in [-0.3, -0.25) is 0 Å². The summed E-state index contributed by atoms with van der Waals surface area (Å²) < 4.78 is 0. The SMILES string of the molecule is CCCCCCCC.NO. The fraction of sp³-hybridized carbons (Fsp3) is 1.00. The van der Waals surface area contributed by atoms with Gasteiger partial charge < -0.3 is 5.21 Å². The van der Waals surface area contributed by atoms with Crippen LogP contribution in [0.5, 0.6) is 0 Å². The van der Waals surface area contributed by atoms with Gasteiger partial charge in [0.25, 0.3) is 0 Å². The van der Waals surface area contributed by atoms with Gasteiger partial charge in [0.15, 0.2) is 0 Å². The number of unbranched alkanes of at least 4 members (excludes halogenated alkanes) is 5. The van der Waals surface area contributed by atoms with Crippen LogP contribution in [0.25, 0.3) is 0 Å². The van der Waals surface area contributed by atoms with Gasteiger partial charge in [0.05, 0.1) is 0 Å². The molecule has 10 heavy (non-hydrogen) atoms. The van der Waals surface area contributed by atoms with E-state index < -0.39 is 0 Å². The van der Waals surface area contributed by atoms with Gasteiger partial charge >= 0.3 is 0 Å². The van der Waals surface area contributed by atoms with E-state index in [0.717, 1.165) is 0 Å². The predicted molar refractivity (Wildman–Crippen MR) is 45.0 cm³/mol. The molecule has 0 amide bonds. The molecule has 0 radical (unpaired) electrons. The molecule has 0 aliphatic heterocycles. The van der Waals surface area contributed by atoms with Crippen LogP contribution in [0.1, 0.15) is 52.4 Å². The highest BCUT2D eigenvalue weighted by molar-refractivity contribution is 4.39. The molecule has 0 aliphatic rings. The van der Waals surface area contributed by atoms with Gasteiger partial charge in [-0.1, -0.05) is 52.4 Å². The fourth-order valence-corrected chi connectivity index (χ4v) is 0.854. The molecule has 0 rings (SSSR count). The first-order valence-electron chi connectivity index (χ1n) is 4.17. The van der Waals surface area contributed by atoms with Crippen LogP contribution in [0.3, 0.4) is 0 Å². The molecule has 0 aliphatic carbocycles. The molecule has 0 aromatic heterocycles. The first-order valence-corrected chi connectivity index (χ1v) is 4.17. The van der Waals surface area contributed by atoms with E-state index >= 15 is 0 Å². The van der Waals surface area contributed by atoms with E-state index in [4.69, 9.17) is 5.21 Å². The predicted octanol–water partition coefficient (Wildman–Crippen LogP) is 2.70. The first kappa shape index (κ1) is 12.6. The van der Waals surface area contributed by atoms with Gasteiger partial charge in [0.1, 0.15) is 0 Å². The van der Waals surface area contributed by atoms with Crippen molar-refractivity contribution in [1.82, 2.24) is 0 Å². The van der Waals surface area contributed by atoms with Crippen LogP contribution in [-0.4, -0.2) is 5.21 Å². The van der Waals surface area contributed by atoms with Crippen LogP contribution < -0.4 is 5.90 Å². The standard InChI is InChI=1S/C8H18.H3NO/c1-3-5-7-8-6-4-2;1-2/h3-8H2,1-2H3;2H,1H2. The summed E-state index contributed by atoms with van der Waals surface area (Å²) in [7, 11) is 0. The van der Waals surface area contributed by atoms with Crippen molar-refractivity contribution in [1.29, 1.82) is 0 Å². The van der Waals surface area contributed by atoms with Gasteiger partial charge in [-0.15, -0.1) is 0 Å². The minimum absolute atomic E-state index is 1.36. The second kappa shape index (κ2) is 16.0. The monoisotopic (exact) mass is 147 g/mol. The third-order valence-electron chi connectivity index (χ3n) is 1.46. The Bertz CT molecular complexity index is 34.2. The summed E-state index contributed by atoms with van der Waals surface area (Å²) in [6.45, 7) is 4.51. The number of nitrogens with two attached hydrogens (primary N) is 1. The number of hydrogen-bond donors (Lipinski definition) is 2. The molecule has 0 heterocycles. The zero-order chi connectivity index (χ0) is 8.24. The van der Waals surface area contributed by atoms with E-state index in [0.29, 0.717) is 0 Å². The number of hydrogen-bond acceptors (Lipinski definition) is 2. The van der Waals surface area contributed by atoms with Crippen molar-refractivity contribution in [3.63, 3.8) is 0 Å². The summed E-state index contributed by atoms with van der Waals surface area (Å²) in [5.41, 5.74) is 0. The van der Waals surface area contributed by atoms with Crippen LogP contribution in [0, 0.1) is 0 Å². The maximum Gasteiger partial charge on any atom is -0.0533 e. The summed E-state index contributed by atoms with van der Waals surface area (Å²) >= 11 is 0. The molecule has 0 fully saturated rings. The highest BCUT2D eigenvalue weighted by atomic mass is 16.4. The van der Waals surface area contributed by atoms with E-state index in [2.05, 4.69) is 19.7 Å². The van der Waals surface area contributed by atoms with E-state index in [1.807, 2.05) is 0 Å². The second-order valence-corrected chi connectivity index (χ2v) is 2.41. The van der Waals surface area contributed by atoms with Gasteiger partial charge in [-0.05, 0) is 0 Å². The van der Waals surface area contributed by atoms with Crippen LogP contribution in [-0.2, 0) is 0 Å². The summed E-state index contributed by atoms with van der Waals surface area (Å²) in [4.78, 5) is 0. The molecule has 0 aromatic carbocycles. The normalized spacial score (nSPS) is 8.40. The molecular formula is C8H21NO. The Morgan fingerprint density at radius 3 is 1.30 bits per heavy atom. The molecule has 0 saturated heterocycles. The lowest BCUT2D eigenvalue weighted by atomic mass is 10.1. The van der Waals surface area contributed by atoms with Crippen LogP contribution in [0.4, 0.5) is 0 Å². The van der Waals surface area contributed by atoms with Crippen molar-refractivity contribution in [3.05, 3.63) is 0 Å². The molecule has 0 unspecified atom stereocenters. The Labute approximate surface area is 64.4 Å². The largest absolute Gasteiger partial charge is 0.320 e. The van der Waals surface area contributed by atoms with E-state index in [9.17, 15) is 0 Å². The van der Waals surface area contributed by atoms with E-state index in [-0.39, 0.29) is 0 Å². The fourth-order valence-electron chi connectivity index (χ4n) is 0.854. The Morgan fingerprint density at radius 1 is 0.800 bits per heavy atom. The lowest BCUT2D eigenvalue weighted by molar-refractivity contribution is 0.311. The zero-order valence-electron chi connectivity index (χ0n) is 7.27. The van der Waals surface area contributed by atoms with E-state index in [1.54, 1.807) is 0 Å². The van der Waals surface area contributed by atoms with Gasteiger partial charge in [0, 0.05) is 0 Å². The van der Waals surface area contributed by atoms with Crippen molar-refractivity contribution >= 4 is 0 Å². The highest BCUT2D eigenvalue weighted by Gasteiger charge is 1.83. The van der Waals surface area contributed by atoms with Crippen molar-refractivity contribution < 1.29 is 5.21 Å². The van der Waals surface area contributed by atoms with Crippen molar-refractivity contribution in [2.45, 2.75) is 52.4 Å². The van der Waals surface area contributed by atoms with Crippen molar-refractivity contribution in [3.8, 4) is 0 Å². The molecule has 2 heteroatoms. The lowest BCUT2D eigenvalue weighted by Crippen LogP contribution is -1.73. The van der Waals surface area contributed by atoms with Gasteiger partial charge in [-0.25, -0.2) is 5.90 Å². The first-order chi connectivity index (χ1) is 4.91. The Morgan fingerprint density at radius 2 is 1.10 bits per heavy atom. The molecule has 0 aromatic rings. The molecule has 0 saturated carbocycles. The minimum atomic E-state index is 1.36. The molecule has 64 valence electrons. The third-order valence-corrected chi connectivity index (χ3v) is 1.46. The topological polar surface area (TPSA) is 46.2 Å². The second-order valence-electron chi connectivity index (χ2n) is 2.41. The van der Waals surface area contributed by atoms with Crippen LogP contribution >= 0.6 is 0 Å². The maximum absolute atomic E-state index is 6.50. The molecule has 2 nitrogen and oxygen atoms in total. The Balaban J connectivity index is 0. The summed E-state index contributed by atoms with van der Waals surface area (Å²) in [5.74, 6) is 3.50. The van der Waals surface area contributed by atoms with Crippen molar-refractivity contribution in [2.75, 3.05) is 0 Å². The maximum atomic E-state index is 6.50. The summed E-state index contributed by atoms with van der Waals surface area (Å²) in [6.07, 6.45) is 8.49. The molecule has 0 bridgehead atoms. The highest BCUT2D eigenvalue weighted by Crippen LogP contribution is 2.03. The zero-order valence-corrected chi connectivity index (χ0v) is 7.27. The van der Waals surface area contributed by atoms with Gasteiger partial charge in [-0.2, -0.15) is 0 Å². The minimum Gasteiger partial charge on any atom is -0.320 e. The average molecular weight is 147 g/mol. The smallest absolute Gasteiger partial charge is 0.0533 e. The lowest BCUT2D eigenvalue weighted by Gasteiger charge is -1.93. The summed E-state index contributed by atoms with van der Waals surface area (Å²) in [6, 6.07) is 0. The average Bonchev–Trinajstić information content (AvgIpc) is 2.02. The van der Waals surface area contributed by atoms with Crippen molar-refractivity contribution in [2.24, 2.45) is 5.90 Å². The quantitative estimate of drug-likeness (QED) is 0.464. The Kier molecular flexibility index (Phi) is 20.1. The van der Waals surface area contributed by atoms with Gasteiger partial charge in [0.2, 0.25) is 0 Å². The third kappa shape index (κ3) is 15.7. The summed E-state index contributed by atoms with van der Waals surface area (Å²) in [5, 5.41) is 6.50. The Hall–Kier alpha value is -0.0800. The van der Waals surface area contributed by atoms with Crippen LogP contribution in [0.2, 0.25) is 0 Å².